The Bertz CT molecular complexity index is 1340. The van der Waals surface area contributed by atoms with Crippen LogP contribution in [-0.2, 0) is 0 Å². The van der Waals surface area contributed by atoms with Crippen molar-refractivity contribution in [3.8, 4) is 17.6 Å². The van der Waals surface area contributed by atoms with E-state index in [2.05, 4.69) is 37.8 Å². The highest BCUT2D eigenvalue weighted by atomic mass is 32.2. The minimum Gasteiger partial charge on any atom is -0.493 e. The number of likely N-dealkylation sites (N-methyl/N-ethyl adjacent to an activating group) is 1. The molecule has 1 fully saturated rings. The number of pyridine rings is 2. The molecule has 3 aromatic heterocycles. The number of rotatable bonds is 8. The fourth-order valence-electron chi connectivity index (χ4n) is 3.97. The third kappa shape index (κ3) is 6.03. The van der Waals surface area contributed by atoms with Crippen LogP contribution in [0.3, 0.4) is 0 Å². The number of hydrogen-bond donors (Lipinski definition) is 3. The Hall–Kier alpha value is -3.63. The lowest BCUT2D eigenvalue weighted by Gasteiger charge is -2.16. The lowest BCUT2D eigenvalue weighted by Crippen LogP contribution is -2.29. The number of halogens is 3. The number of alkyl halides is 3. The monoisotopic (exact) mass is 533 g/mol. The molecule has 13 heteroatoms. The van der Waals surface area contributed by atoms with Gasteiger partial charge in [-0.2, -0.15) is 8.78 Å². The summed E-state index contributed by atoms with van der Waals surface area (Å²) in [6, 6.07) is 6.12. The Kier molecular flexibility index (Phi) is 8.30. The Balaban J connectivity index is 1.59. The number of fused-ring (bicyclic) bond motifs is 1. The highest BCUT2D eigenvalue weighted by Crippen LogP contribution is 2.32. The van der Waals surface area contributed by atoms with E-state index in [0.29, 0.717) is 47.8 Å². The second-order valence-electron chi connectivity index (χ2n) is 8.23. The zero-order chi connectivity index (χ0) is 26.5. The van der Waals surface area contributed by atoms with E-state index in [1.807, 2.05) is 11.9 Å². The van der Waals surface area contributed by atoms with Crippen LogP contribution in [0.5, 0.6) is 5.75 Å². The topological polar surface area (TPSA) is 95.8 Å². The summed E-state index contributed by atoms with van der Waals surface area (Å²) in [6.45, 7) is 0.909. The van der Waals surface area contributed by atoms with Crippen molar-refractivity contribution in [3.63, 3.8) is 0 Å². The van der Waals surface area contributed by atoms with E-state index >= 15 is 0 Å². The highest BCUT2D eigenvalue weighted by Gasteiger charge is 2.31. The number of ether oxygens (including phenoxy) is 1. The maximum Gasteiger partial charge on any atom is 0.290 e. The molecular formula is C24H26F3N7O2S. The fourth-order valence-corrected chi connectivity index (χ4v) is 4.61. The molecule has 4 heterocycles. The fraction of sp³-hybridized carbons (Fsp3) is 0.375. The summed E-state index contributed by atoms with van der Waals surface area (Å²) in [5.41, 5.74) is 1.28. The first-order chi connectivity index (χ1) is 17.8. The van der Waals surface area contributed by atoms with E-state index < -0.39 is 18.0 Å². The highest BCUT2D eigenvalue weighted by molar-refractivity contribution is 7.99. The van der Waals surface area contributed by atoms with Crippen molar-refractivity contribution in [2.24, 2.45) is 0 Å². The van der Waals surface area contributed by atoms with Crippen molar-refractivity contribution in [2.45, 2.75) is 23.0 Å². The predicted molar refractivity (Wildman–Crippen MR) is 136 cm³/mol. The molecular weight excluding hydrogens is 507 g/mol. The quantitative estimate of drug-likeness (QED) is 0.301. The van der Waals surface area contributed by atoms with Gasteiger partial charge in [0.05, 0.1) is 25.4 Å². The largest absolute Gasteiger partial charge is 0.493 e. The van der Waals surface area contributed by atoms with Crippen molar-refractivity contribution in [3.05, 3.63) is 41.9 Å². The van der Waals surface area contributed by atoms with Crippen molar-refractivity contribution in [2.75, 3.05) is 51.5 Å². The van der Waals surface area contributed by atoms with Crippen LogP contribution in [-0.4, -0.2) is 84.0 Å². The molecule has 1 saturated heterocycles. The summed E-state index contributed by atoms with van der Waals surface area (Å²) in [4.78, 5) is 22.5. The first kappa shape index (κ1) is 26.4. The van der Waals surface area contributed by atoms with Gasteiger partial charge >= 0.3 is 0 Å². The Morgan fingerprint density at radius 3 is 2.78 bits per heavy atom. The summed E-state index contributed by atoms with van der Waals surface area (Å²) in [5, 5.41) is 8.82. The van der Waals surface area contributed by atoms with Crippen molar-refractivity contribution < 1.29 is 22.7 Å². The molecule has 0 aliphatic carbocycles. The maximum absolute atomic E-state index is 14.4. The van der Waals surface area contributed by atoms with Crippen LogP contribution in [0.15, 0.2) is 35.5 Å². The van der Waals surface area contributed by atoms with Gasteiger partial charge in [0.2, 0.25) is 0 Å². The number of carbonyl (C=O) groups is 1. The van der Waals surface area contributed by atoms with Gasteiger partial charge in [-0.25, -0.2) is 14.4 Å². The van der Waals surface area contributed by atoms with Crippen molar-refractivity contribution in [1.82, 2.24) is 24.6 Å². The predicted octanol–water partition coefficient (Wildman–Crippen LogP) is 2.94. The van der Waals surface area contributed by atoms with Crippen LogP contribution < -0.4 is 20.7 Å². The standard InChI is InChI=1S/C24H26F3N7O2S/c1-28-22(35)16-8-9-19(36-3)20(31-16)29-10-4-6-17-23(37-24(26)27)34-11-5-7-15(21(34)32-17)30-18-13-33(2)12-14(18)25/h5,7-9,11,14,18,24,30H,10,12-13H2,1-3H3,(H,28,35)(H,29,31)/t14-,18+/m0/s1. The van der Waals surface area contributed by atoms with E-state index in [9.17, 15) is 18.0 Å². The molecule has 4 rings (SSSR count). The molecule has 196 valence electrons. The number of nitrogens with zero attached hydrogens (tertiary/aromatic N) is 4. The number of nitrogens with one attached hydrogen (secondary N) is 3. The molecule has 0 bridgehead atoms. The summed E-state index contributed by atoms with van der Waals surface area (Å²) in [5.74, 6) is 3.39. The van der Waals surface area contributed by atoms with Gasteiger partial charge in [-0.15, -0.1) is 0 Å². The van der Waals surface area contributed by atoms with Gasteiger partial charge < -0.3 is 25.6 Å². The van der Waals surface area contributed by atoms with Crippen LogP contribution >= 0.6 is 11.8 Å². The Labute approximate surface area is 216 Å². The number of methoxy groups -OCH3 is 1. The van der Waals surface area contributed by atoms with Crippen LogP contribution in [0.25, 0.3) is 5.65 Å². The molecule has 0 spiro atoms. The first-order valence-electron chi connectivity index (χ1n) is 11.4. The molecule has 9 nitrogen and oxygen atoms in total. The Morgan fingerprint density at radius 1 is 1.30 bits per heavy atom. The molecule has 0 saturated carbocycles. The van der Waals surface area contributed by atoms with Gasteiger partial charge in [-0.05, 0) is 49.0 Å². The summed E-state index contributed by atoms with van der Waals surface area (Å²) >= 11 is 0.339. The summed E-state index contributed by atoms with van der Waals surface area (Å²) in [6.07, 6.45) is 0.557. The third-order valence-corrected chi connectivity index (χ3v) is 6.46. The lowest BCUT2D eigenvalue weighted by atomic mass is 10.2. The smallest absolute Gasteiger partial charge is 0.290 e. The number of thioether (sulfide) groups is 1. The average Bonchev–Trinajstić information content (AvgIpc) is 3.39. The Morgan fingerprint density at radius 2 is 2.11 bits per heavy atom. The second-order valence-corrected chi connectivity index (χ2v) is 9.21. The normalized spacial score (nSPS) is 17.5. The number of aromatic nitrogens is 3. The third-order valence-electron chi connectivity index (χ3n) is 5.67. The van der Waals surface area contributed by atoms with E-state index in [0.717, 1.165) is 0 Å². The number of amides is 1. The molecule has 3 N–H and O–H groups in total. The zero-order valence-corrected chi connectivity index (χ0v) is 21.2. The van der Waals surface area contributed by atoms with Crippen LogP contribution in [0.2, 0.25) is 0 Å². The minimum atomic E-state index is -2.69. The SMILES string of the molecule is CNC(=O)c1ccc(OC)c(NCC#Cc2nc3c(N[C@@H]4CN(C)C[C@@H]4F)cccn3c2SC(F)F)n1. The zero-order valence-electron chi connectivity index (χ0n) is 20.4. The van der Waals surface area contributed by atoms with Crippen LogP contribution in [0, 0.1) is 11.8 Å². The number of imidazole rings is 1. The van der Waals surface area contributed by atoms with Gasteiger partial charge in [0, 0.05) is 26.3 Å². The van der Waals surface area contributed by atoms with E-state index in [4.69, 9.17) is 4.74 Å². The molecule has 1 aliphatic heterocycles. The molecule has 1 amide bonds. The van der Waals surface area contributed by atoms with E-state index in [1.54, 1.807) is 24.4 Å². The van der Waals surface area contributed by atoms with Gasteiger partial charge in [-0.1, -0.05) is 5.92 Å². The van der Waals surface area contributed by atoms with Crippen LogP contribution in [0.1, 0.15) is 16.2 Å². The summed E-state index contributed by atoms with van der Waals surface area (Å²) in [7, 11) is 4.81. The number of likely N-dealkylation sites (tertiary alicyclic amines) is 1. The van der Waals surface area contributed by atoms with Crippen molar-refractivity contribution >= 4 is 34.8 Å². The summed E-state index contributed by atoms with van der Waals surface area (Å²) < 4.78 is 47.9. The lowest BCUT2D eigenvalue weighted by molar-refractivity contribution is 0.0958. The van der Waals surface area contributed by atoms with Gasteiger partial charge in [0.1, 0.15) is 22.6 Å². The number of anilines is 2. The molecule has 37 heavy (non-hydrogen) atoms. The van der Waals surface area contributed by atoms with Gasteiger partial charge in [-0.3, -0.25) is 9.20 Å². The average molecular weight is 534 g/mol. The molecule has 2 atom stereocenters. The molecule has 0 radical (unpaired) electrons. The molecule has 0 unspecified atom stereocenters. The minimum absolute atomic E-state index is 0.0796. The molecule has 0 aromatic carbocycles. The van der Waals surface area contributed by atoms with E-state index in [1.165, 1.54) is 24.6 Å². The van der Waals surface area contributed by atoms with Gasteiger partial charge in [0.15, 0.2) is 17.2 Å². The number of carbonyl (C=O) groups excluding carboxylic acids is 1. The number of hydrogen-bond acceptors (Lipinski definition) is 8. The second kappa shape index (κ2) is 11.6. The van der Waals surface area contributed by atoms with Gasteiger partial charge in [0.25, 0.3) is 11.7 Å². The first-order valence-corrected chi connectivity index (χ1v) is 12.2. The van der Waals surface area contributed by atoms with Crippen LogP contribution in [0.4, 0.5) is 24.7 Å². The maximum atomic E-state index is 14.4. The van der Waals surface area contributed by atoms with E-state index in [-0.39, 0.29) is 28.9 Å². The molecule has 3 aromatic rings. The molecule has 1 aliphatic rings. The van der Waals surface area contributed by atoms with Crippen molar-refractivity contribution in [1.29, 1.82) is 0 Å².